The van der Waals surface area contributed by atoms with E-state index in [-0.39, 0.29) is 10.8 Å². The predicted octanol–water partition coefficient (Wildman–Crippen LogP) is 4.84. The van der Waals surface area contributed by atoms with Crippen molar-refractivity contribution in [2.24, 2.45) is 0 Å². The Hall–Kier alpha value is -1.53. The SMILES string of the molecule is Cc1cc(Br)ccc1NC(=S)Nc1cc(F)cc(F)c1. The molecule has 0 saturated carbocycles. The van der Waals surface area contributed by atoms with Crippen LogP contribution >= 0.6 is 28.1 Å². The van der Waals surface area contributed by atoms with Crippen LogP contribution < -0.4 is 10.6 Å². The number of rotatable bonds is 2. The van der Waals surface area contributed by atoms with Gasteiger partial charge in [-0.05, 0) is 55.0 Å². The molecule has 2 aromatic carbocycles. The van der Waals surface area contributed by atoms with E-state index in [9.17, 15) is 8.78 Å². The van der Waals surface area contributed by atoms with Crippen molar-refractivity contribution in [3.05, 3.63) is 58.1 Å². The van der Waals surface area contributed by atoms with Crippen molar-refractivity contribution in [3.63, 3.8) is 0 Å². The van der Waals surface area contributed by atoms with Crippen molar-refractivity contribution >= 4 is 44.6 Å². The van der Waals surface area contributed by atoms with E-state index >= 15 is 0 Å². The molecule has 0 aromatic heterocycles. The van der Waals surface area contributed by atoms with Gasteiger partial charge in [-0.1, -0.05) is 15.9 Å². The summed E-state index contributed by atoms with van der Waals surface area (Å²) in [6.45, 7) is 1.93. The second-order valence-electron chi connectivity index (χ2n) is 4.20. The molecule has 0 aliphatic rings. The fraction of sp³-hybridized carbons (Fsp3) is 0.0714. The van der Waals surface area contributed by atoms with Crippen molar-refractivity contribution in [2.45, 2.75) is 6.92 Å². The van der Waals surface area contributed by atoms with Gasteiger partial charge in [0.1, 0.15) is 11.6 Å². The van der Waals surface area contributed by atoms with E-state index in [4.69, 9.17) is 12.2 Å². The van der Waals surface area contributed by atoms with Gasteiger partial charge in [-0.3, -0.25) is 0 Å². The Morgan fingerprint density at radius 2 is 1.70 bits per heavy atom. The molecule has 2 N–H and O–H groups in total. The van der Waals surface area contributed by atoms with Crippen LogP contribution in [0, 0.1) is 18.6 Å². The number of nitrogens with one attached hydrogen (secondary N) is 2. The number of halogens is 3. The largest absolute Gasteiger partial charge is 0.332 e. The highest BCUT2D eigenvalue weighted by atomic mass is 79.9. The predicted molar refractivity (Wildman–Crippen MR) is 85.1 cm³/mol. The number of hydrogen-bond donors (Lipinski definition) is 2. The molecule has 104 valence electrons. The van der Waals surface area contributed by atoms with Crippen molar-refractivity contribution in [3.8, 4) is 0 Å². The van der Waals surface area contributed by atoms with Gasteiger partial charge in [0.05, 0.1) is 0 Å². The molecule has 0 aliphatic heterocycles. The lowest BCUT2D eigenvalue weighted by Crippen LogP contribution is -2.19. The second kappa shape index (κ2) is 6.28. The number of benzene rings is 2. The monoisotopic (exact) mass is 356 g/mol. The van der Waals surface area contributed by atoms with Crippen LogP contribution in [0.1, 0.15) is 5.56 Å². The van der Waals surface area contributed by atoms with Crippen LogP contribution in [0.15, 0.2) is 40.9 Å². The van der Waals surface area contributed by atoms with Gasteiger partial charge >= 0.3 is 0 Å². The van der Waals surface area contributed by atoms with Crippen LogP contribution in [-0.4, -0.2) is 5.11 Å². The van der Waals surface area contributed by atoms with Crippen LogP contribution in [0.3, 0.4) is 0 Å². The fourth-order valence-corrected chi connectivity index (χ4v) is 2.38. The highest BCUT2D eigenvalue weighted by molar-refractivity contribution is 9.10. The summed E-state index contributed by atoms with van der Waals surface area (Å²) in [6.07, 6.45) is 0. The van der Waals surface area contributed by atoms with E-state index in [1.165, 1.54) is 12.1 Å². The summed E-state index contributed by atoms with van der Waals surface area (Å²) in [5.41, 5.74) is 2.08. The quantitative estimate of drug-likeness (QED) is 0.752. The highest BCUT2D eigenvalue weighted by Crippen LogP contribution is 2.20. The molecule has 0 amide bonds. The van der Waals surface area contributed by atoms with Crippen molar-refractivity contribution < 1.29 is 8.78 Å². The molecule has 20 heavy (non-hydrogen) atoms. The molecule has 0 spiro atoms. The van der Waals surface area contributed by atoms with E-state index in [0.717, 1.165) is 21.8 Å². The Labute approximate surface area is 129 Å². The van der Waals surface area contributed by atoms with Gasteiger partial charge < -0.3 is 10.6 Å². The van der Waals surface area contributed by atoms with Crippen LogP contribution in [-0.2, 0) is 0 Å². The van der Waals surface area contributed by atoms with Crippen LogP contribution in [0.25, 0.3) is 0 Å². The Morgan fingerprint density at radius 3 is 2.30 bits per heavy atom. The topological polar surface area (TPSA) is 24.1 Å². The van der Waals surface area contributed by atoms with Gasteiger partial charge in [-0.2, -0.15) is 0 Å². The zero-order valence-electron chi connectivity index (χ0n) is 10.5. The average Bonchev–Trinajstić information content (AvgIpc) is 2.31. The van der Waals surface area contributed by atoms with Gasteiger partial charge in [0.2, 0.25) is 0 Å². The molecule has 0 atom stereocenters. The molecular weight excluding hydrogens is 346 g/mol. The number of thiocarbonyl (C=S) groups is 1. The molecule has 0 aliphatic carbocycles. The molecule has 0 bridgehead atoms. The highest BCUT2D eigenvalue weighted by Gasteiger charge is 2.05. The maximum atomic E-state index is 13.1. The van der Waals surface area contributed by atoms with Crippen LogP contribution in [0.4, 0.5) is 20.2 Å². The average molecular weight is 357 g/mol. The van der Waals surface area contributed by atoms with Crippen molar-refractivity contribution in [1.29, 1.82) is 0 Å². The lowest BCUT2D eigenvalue weighted by molar-refractivity contribution is 0.584. The van der Waals surface area contributed by atoms with E-state index in [1.54, 1.807) is 0 Å². The molecule has 0 unspecified atom stereocenters. The normalized spacial score (nSPS) is 10.2. The van der Waals surface area contributed by atoms with Crippen LogP contribution in [0.5, 0.6) is 0 Å². The molecular formula is C14H11BrF2N2S. The zero-order valence-corrected chi connectivity index (χ0v) is 12.9. The van der Waals surface area contributed by atoms with Gasteiger partial charge in [0, 0.05) is 21.9 Å². The van der Waals surface area contributed by atoms with Gasteiger partial charge in [0.15, 0.2) is 5.11 Å². The number of anilines is 2. The first kappa shape index (κ1) is 14.9. The number of aryl methyl sites for hydroxylation is 1. The van der Waals surface area contributed by atoms with E-state index in [1.807, 2.05) is 25.1 Å². The van der Waals surface area contributed by atoms with Gasteiger partial charge in [-0.25, -0.2) is 8.78 Å². The lowest BCUT2D eigenvalue weighted by atomic mass is 10.2. The van der Waals surface area contributed by atoms with E-state index in [2.05, 4.69) is 26.6 Å². The number of hydrogen-bond acceptors (Lipinski definition) is 1. The summed E-state index contributed by atoms with van der Waals surface area (Å²) in [5, 5.41) is 5.99. The Balaban J connectivity index is 2.09. The zero-order chi connectivity index (χ0) is 14.7. The summed E-state index contributed by atoms with van der Waals surface area (Å²) >= 11 is 8.49. The van der Waals surface area contributed by atoms with Crippen LogP contribution in [0.2, 0.25) is 0 Å². The summed E-state index contributed by atoms with van der Waals surface area (Å²) < 4.78 is 27.1. The Morgan fingerprint density at radius 1 is 1.05 bits per heavy atom. The first-order valence-electron chi connectivity index (χ1n) is 5.74. The molecule has 0 heterocycles. The third kappa shape index (κ3) is 3.98. The Bertz CT molecular complexity index is 641. The lowest BCUT2D eigenvalue weighted by Gasteiger charge is -2.13. The fourth-order valence-electron chi connectivity index (χ4n) is 1.68. The Kier molecular flexibility index (Phi) is 4.67. The van der Waals surface area contributed by atoms with Crippen molar-refractivity contribution in [2.75, 3.05) is 10.6 Å². The van der Waals surface area contributed by atoms with Gasteiger partial charge in [-0.15, -0.1) is 0 Å². The molecule has 2 rings (SSSR count). The maximum Gasteiger partial charge on any atom is 0.175 e. The minimum absolute atomic E-state index is 0.259. The standard InChI is InChI=1S/C14H11BrF2N2S/c1-8-4-9(15)2-3-13(8)19-14(20)18-12-6-10(16)5-11(17)7-12/h2-7H,1H3,(H2,18,19,20). The molecule has 2 aromatic rings. The van der Waals surface area contributed by atoms with E-state index < -0.39 is 11.6 Å². The molecule has 6 heteroatoms. The summed E-state index contributed by atoms with van der Waals surface area (Å²) in [6, 6.07) is 8.82. The molecule has 0 radical (unpaired) electrons. The van der Waals surface area contributed by atoms with Gasteiger partial charge in [0.25, 0.3) is 0 Å². The summed E-state index contributed by atoms with van der Waals surface area (Å²) in [7, 11) is 0. The third-order valence-electron chi connectivity index (χ3n) is 2.56. The minimum Gasteiger partial charge on any atom is -0.332 e. The molecule has 0 fully saturated rings. The first-order valence-corrected chi connectivity index (χ1v) is 6.94. The first-order chi connectivity index (χ1) is 9.44. The summed E-state index contributed by atoms with van der Waals surface area (Å²) in [4.78, 5) is 0. The third-order valence-corrected chi connectivity index (χ3v) is 3.25. The summed E-state index contributed by atoms with van der Waals surface area (Å²) in [5.74, 6) is -1.31. The van der Waals surface area contributed by atoms with E-state index in [0.29, 0.717) is 0 Å². The smallest absolute Gasteiger partial charge is 0.175 e. The minimum atomic E-state index is -0.657. The second-order valence-corrected chi connectivity index (χ2v) is 5.52. The maximum absolute atomic E-state index is 13.1. The molecule has 0 saturated heterocycles. The molecule has 2 nitrogen and oxygen atoms in total. The van der Waals surface area contributed by atoms with Crippen molar-refractivity contribution in [1.82, 2.24) is 0 Å².